The SMILES string of the molecule is CC(C)(C)CCN1CCC(C(=O)O)C(C(=O)O)C1. The smallest absolute Gasteiger partial charge is 0.308 e. The zero-order valence-corrected chi connectivity index (χ0v) is 11.3. The van der Waals surface area contributed by atoms with E-state index < -0.39 is 23.8 Å². The number of likely N-dealkylation sites (tertiary alicyclic amines) is 1. The van der Waals surface area contributed by atoms with Gasteiger partial charge in [-0.1, -0.05) is 20.8 Å². The molecule has 1 fully saturated rings. The topological polar surface area (TPSA) is 77.8 Å². The van der Waals surface area contributed by atoms with Gasteiger partial charge in [0.05, 0.1) is 11.8 Å². The van der Waals surface area contributed by atoms with Crippen LogP contribution >= 0.6 is 0 Å². The van der Waals surface area contributed by atoms with E-state index in [9.17, 15) is 9.59 Å². The van der Waals surface area contributed by atoms with Crippen LogP contribution in [0.25, 0.3) is 0 Å². The molecule has 1 saturated heterocycles. The van der Waals surface area contributed by atoms with Gasteiger partial charge in [-0.05, 0) is 31.3 Å². The summed E-state index contributed by atoms with van der Waals surface area (Å²) in [6.07, 6.45) is 1.41. The Kier molecular flexibility index (Phi) is 4.73. The van der Waals surface area contributed by atoms with Crippen molar-refractivity contribution in [2.75, 3.05) is 19.6 Å². The Morgan fingerprint density at radius 2 is 1.72 bits per heavy atom. The monoisotopic (exact) mass is 257 g/mol. The van der Waals surface area contributed by atoms with Gasteiger partial charge in [0.15, 0.2) is 0 Å². The number of piperidine rings is 1. The molecule has 2 N–H and O–H groups in total. The van der Waals surface area contributed by atoms with E-state index in [1.54, 1.807) is 0 Å². The van der Waals surface area contributed by atoms with Gasteiger partial charge in [-0.25, -0.2) is 0 Å². The van der Waals surface area contributed by atoms with Crippen LogP contribution in [0.3, 0.4) is 0 Å². The fourth-order valence-electron chi connectivity index (χ4n) is 2.26. The van der Waals surface area contributed by atoms with Crippen molar-refractivity contribution in [1.82, 2.24) is 4.90 Å². The van der Waals surface area contributed by atoms with Crippen LogP contribution in [0.1, 0.15) is 33.6 Å². The van der Waals surface area contributed by atoms with Gasteiger partial charge in [0, 0.05) is 6.54 Å². The minimum absolute atomic E-state index is 0.211. The Morgan fingerprint density at radius 1 is 1.17 bits per heavy atom. The second-order valence-electron chi connectivity index (χ2n) is 6.29. The molecule has 1 aliphatic heterocycles. The van der Waals surface area contributed by atoms with E-state index in [4.69, 9.17) is 10.2 Å². The average Bonchev–Trinajstić information content (AvgIpc) is 2.24. The van der Waals surface area contributed by atoms with Crippen molar-refractivity contribution >= 4 is 11.9 Å². The van der Waals surface area contributed by atoms with E-state index in [0.717, 1.165) is 13.0 Å². The van der Waals surface area contributed by atoms with Crippen LogP contribution in [0.4, 0.5) is 0 Å². The predicted molar refractivity (Wildman–Crippen MR) is 67.4 cm³/mol. The van der Waals surface area contributed by atoms with Gasteiger partial charge < -0.3 is 15.1 Å². The summed E-state index contributed by atoms with van der Waals surface area (Å²) >= 11 is 0. The molecule has 1 heterocycles. The summed E-state index contributed by atoms with van der Waals surface area (Å²) in [5, 5.41) is 18.1. The first-order valence-corrected chi connectivity index (χ1v) is 6.38. The molecule has 0 bridgehead atoms. The molecule has 18 heavy (non-hydrogen) atoms. The van der Waals surface area contributed by atoms with E-state index in [2.05, 4.69) is 25.7 Å². The maximum atomic E-state index is 11.1. The van der Waals surface area contributed by atoms with Gasteiger partial charge in [0.2, 0.25) is 0 Å². The average molecular weight is 257 g/mol. The number of carbonyl (C=O) groups is 2. The molecule has 2 atom stereocenters. The molecular formula is C13H23NO4. The Labute approximate surface area is 108 Å². The van der Waals surface area contributed by atoms with E-state index in [0.29, 0.717) is 19.5 Å². The molecule has 1 aliphatic rings. The molecule has 0 saturated carbocycles. The van der Waals surface area contributed by atoms with Crippen LogP contribution in [0.2, 0.25) is 0 Å². The molecule has 1 rings (SSSR count). The van der Waals surface area contributed by atoms with Gasteiger partial charge in [-0.15, -0.1) is 0 Å². The van der Waals surface area contributed by atoms with Crippen molar-refractivity contribution in [3.63, 3.8) is 0 Å². The molecule has 5 nitrogen and oxygen atoms in total. The third-order valence-electron chi connectivity index (χ3n) is 3.51. The minimum atomic E-state index is -0.997. The van der Waals surface area contributed by atoms with Gasteiger partial charge >= 0.3 is 11.9 Å². The van der Waals surface area contributed by atoms with Crippen molar-refractivity contribution in [1.29, 1.82) is 0 Å². The quantitative estimate of drug-likeness (QED) is 0.798. The number of hydrogen-bond donors (Lipinski definition) is 2. The van der Waals surface area contributed by atoms with Crippen LogP contribution in [0, 0.1) is 17.3 Å². The molecule has 0 aromatic heterocycles. The lowest BCUT2D eigenvalue weighted by Crippen LogP contribution is -2.47. The van der Waals surface area contributed by atoms with Crippen LogP contribution < -0.4 is 0 Å². The van der Waals surface area contributed by atoms with Crippen LogP contribution in [-0.4, -0.2) is 46.7 Å². The van der Waals surface area contributed by atoms with Gasteiger partial charge in [0.1, 0.15) is 0 Å². The standard InChI is InChI=1S/C13H23NO4/c1-13(2,3)5-7-14-6-4-9(11(15)16)10(8-14)12(17)18/h9-10H,4-8H2,1-3H3,(H,15,16)(H,17,18). The minimum Gasteiger partial charge on any atom is -0.481 e. The summed E-state index contributed by atoms with van der Waals surface area (Å²) in [6, 6.07) is 0. The molecule has 0 amide bonds. The first kappa shape index (κ1) is 15.0. The summed E-state index contributed by atoms with van der Waals surface area (Å²) in [5.74, 6) is -3.51. The zero-order chi connectivity index (χ0) is 13.9. The maximum absolute atomic E-state index is 11.1. The van der Waals surface area contributed by atoms with Crippen molar-refractivity contribution in [2.24, 2.45) is 17.3 Å². The Bertz CT molecular complexity index is 321. The molecular weight excluding hydrogens is 234 g/mol. The second kappa shape index (κ2) is 5.69. The summed E-state index contributed by atoms with van der Waals surface area (Å²) in [7, 11) is 0. The van der Waals surface area contributed by atoms with Crippen molar-refractivity contribution in [3.05, 3.63) is 0 Å². The Hall–Kier alpha value is -1.10. The molecule has 0 spiro atoms. The maximum Gasteiger partial charge on any atom is 0.308 e. The summed E-state index contributed by atoms with van der Waals surface area (Å²) in [5.41, 5.74) is 0.211. The number of carboxylic acid groups (broad SMARTS) is 2. The summed E-state index contributed by atoms with van der Waals surface area (Å²) in [4.78, 5) is 24.2. The normalized spacial score (nSPS) is 25.9. The molecule has 0 aromatic carbocycles. The number of aliphatic carboxylic acids is 2. The summed E-state index contributed by atoms with van der Waals surface area (Å²) in [6.45, 7) is 8.29. The van der Waals surface area contributed by atoms with Crippen LogP contribution in [0.5, 0.6) is 0 Å². The Morgan fingerprint density at radius 3 is 2.17 bits per heavy atom. The third-order valence-corrected chi connectivity index (χ3v) is 3.51. The highest BCUT2D eigenvalue weighted by atomic mass is 16.4. The lowest BCUT2D eigenvalue weighted by atomic mass is 9.84. The van der Waals surface area contributed by atoms with Crippen molar-refractivity contribution in [3.8, 4) is 0 Å². The largest absolute Gasteiger partial charge is 0.481 e. The molecule has 0 radical (unpaired) electrons. The van der Waals surface area contributed by atoms with Crippen LogP contribution in [-0.2, 0) is 9.59 Å². The van der Waals surface area contributed by atoms with E-state index in [1.807, 2.05) is 0 Å². The first-order chi connectivity index (χ1) is 8.20. The highest BCUT2D eigenvalue weighted by molar-refractivity contribution is 5.80. The number of hydrogen-bond acceptors (Lipinski definition) is 3. The zero-order valence-electron chi connectivity index (χ0n) is 11.3. The lowest BCUT2D eigenvalue weighted by Gasteiger charge is -2.35. The first-order valence-electron chi connectivity index (χ1n) is 6.38. The van der Waals surface area contributed by atoms with E-state index in [-0.39, 0.29) is 5.41 Å². The number of rotatable bonds is 4. The summed E-state index contributed by atoms with van der Waals surface area (Å²) < 4.78 is 0. The Balaban J connectivity index is 2.58. The molecule has 5 heteroatoms. The molecule has 2 unspecified atom stereocenters. The lowest BCUT2D eigenvalue weighted by molar-refractivity contribution is -0.157. The van der Waals surface area contributed by atoms with Crippen molar-refractivity contribution in [2.45, 2.75) is 33.6 Å². The van der Waals surface area contributed by atoms with Crippen molar-refractivity contribution < 1.29 is 19.8 Å². The highest BCUT2D eigenvalue weighted by Crippen LogP contribution is 2.26. The van der Waals surface area contributed by atoms with Gasteiger partial charge in [0.25, 0.3) is 0 Å². The van der Waals surface area contributed by atoms with Gasteiger partial charge in [-0.3, -0.25) is 9.59 Å². The predicted octanol–water partition coefficient (Wildman–Crippen LogP) is 1.53. The van der Waals surface area contributed by atoms with E-state index in [1.165, 1.54) is 0 Å². The number of nitrogens with zero attached hydrogens (tertiary/aromatic N) is 1. The molecule has 0 aromatic rings. The van der Waals surface area contributed by atoms with Gasteiger partial charge in [-0.2, -0.15) is 0 Å². The third kappa shape index (κ3) is 4.29. The van der Waals surface area contributed by atoms with E-state index >= 15 is 0 Å². The molecule has 104 valence electrons. The van der Waals surface area contributed by atoms with Crippen LogP contribution in [0.15, 0.2) is 0 Å². The fourth-order valence-corrected chi connectivity index (χ4v) is 2.26. The molecule has 0 aliphatic carbocycles. The second-order valence-corrected chi connectivity index (χ2v) is 6.29. The highest BCUT2D eigenvalue weighted by Gasteiger charge is 2.38. The fraction of sp³-hybridized carbons (Fsp3) is 0.846. The number of carboxylic acids is 2.